The van der Waals surface area contributed by atoms with Gasteiger partial charge in [-0.15, -0.1) is 0 Å². The Bertz CT molecular complexity index is 716. The van der Waals surface area contributed by atoms with Crippen molar-refractivity contribution in [3.63, 3.8) is 0 Å². The number of aryl methyl sites for hydroxylation is 1. The van der Waals surface area contributed by atoms with Crippen molar-refractivity contribution in [2.75, 3.05) is 19.6 Å². The average Bonchev–Trinajstić information content (AvgIpc) is 2.59. The molecule has 0 aliphatic carbocycles. The van der Waals surface area contributed by atoms with Crippen molar-refractivity contribution in [3.05, 3.63) is 47.9 Å². The summed E-state index contributed by atoms with van der Waals surface area (Å²) in [5.41, 5.74) is 2.29. The Balaban J connectivity index is 1.47. The number of aromatic nitrogens is 1. The van der Waals surface area contributed by atoms with Crippen molar-refractivity contribution in [1.29, 1.82) is 0 Å². The summed E-state index contributed by atoms with van der Waals surface area (Å²) in [6.45, 7) is 5.39. The number of benzene rings is 1. The molecule has 0 spiro atoms. The van der Waals surface area contributed by atoms with Gasteiger partial charge in [0.05, 0.1) is 0 Å². The smallest absolute Gasteiger partial charge is 0.213 e. The van der Waals surface area contributed by atoms with Crippen molar-refractivity contribution in [3.8, 4) is 17.0 Å². The molecule has 3 heterocycles. The molecule has 0 saturated carbocycles. The first-order valence-electron chi connectivity index (χ1n) is 8.80. The van der Waals surface area contributed by atoms with Crippen LogP contribution < -0.4 is 4.74 Å². The highest BCUT2D eigenvalue weighted by Crippen LogP contribution is 2.30. The van der Waals surface area contributed by atoms with Crippen LogP contribution in [0.3, 0.4) is 0 Å². The van der Waals surface area contributed by atoms with Crippen molar-refractivity contribution < 1.29 is 9.13 Å². The van der Waals surface area contributed by atoms with Gasteiger partial charge >= 0.3 is 0 Å². The number of ether oxygens (including phenoxy) is 1. The average molecular weight is 326 g/mol. The van der Waals surface area contributed by atoms with Crippen LogP contribution in [0, 0.1) is 18.7 Å². The Labute approximate surface area is 142 Å². The van der Waals surface area contributed by atoms with Crippen LogP contribution in [0.15, 0.2) is 36.5 Å². The summed E-state index contributed by atoms with van der Waals surface area (Å²) in [6, 6.07) is 9.03. The number of nitrogens with zero attached hydrogens (tertiary/aromatic N) is 2. The third kappa shape index (κ3) is 3.16. The Kier molecular flexibility index (Phi) is 4.23. The molecule has 0 radical (unpaired) electrons. The molecule has 1 unspecified atom stereocenters. The molecule has 4 heteroatoms. The Morgan fingerprint density at radius 3 is 2.88 bits per heavy atom. The van der Waals surface area contributed by atoms with E-state index in [0.717, 1.165) is 30.6 Å². The molecule has 2 aliphatic heterocycles. The van der Waals surface area contributed by atoms with E-state index >= 15 is 0 Å². The van der Waals surface area contributed by atoms with Crippen LogP contribution in [0.25, 0.3) is 11.1 Å². The third-order valence-corrected chi connectivity index (χ3v) is 5.24. The van der Waals surface area contributed by atoms with Crippen LogP contribution in [0.1, 0.15) is 24.8 Å². The lowest BCUT2D eigenvalue weighted by molar-refractivity contribution is 0.0128. The minimum absolute atomic E-state index is 0.208. The largest absolute Gasteiger partial charge is 0.474 e. The molecule has 2 fully saturated rings. The van der Waals surface area contributed by atoms with Crippen LogP contribution in [0.5, 0.6) is 5.88 Å². The summed E-state index contributed by atoms with van der Waals surface area (Å²) in [5, 5.41) is 0. The molecule has 4 rings (SSSR count). The van der Waals surface area contributed by atoms with Crippen LogP contribution in [-0.2, 0) is 0 Å². The monoisotopic (exact) mass is 326 g/mol. The number of hydrogen-bond donors (Lipinski definition) is 0. The Morgan fingerprint density at radius 2 is 2.08 bits per heavy atom. The van der Waals surface area contributed by atoms with Gasteiger partial charge in [-0.05, 0) is 50.4 Å². The van der Waals surface area contributed by atoms with Gasteiger partial charge in [-0.1, -0.05) is 12.1 Å². The maximum atomic E-state index is 14.1. The van der Waals surface area contributed by atoms with Gasteiger partial charge in [-0.3, -0.25) is 0 Å². The second-order valence-corrected chi connectivity index (χ2v) is 7.02. The maximum Gasteiger partial charge on any atom is 0.213 e. The number of fused-ring (bicyclic) bond motifs is 2. The van der Waals surface area contributed by atoms with Gasteiger partial charge in [-0.2, -0.15) is 0 Å². The minimum Gasteiger partial charge on any atom is -0.474 e. The lowest BCUT2D eigenvalue weighted by atomic mass is 9.87. The van der Waals surface area contributed by atoms with Gasteiger partial charge < -0.3 is 9.64 Å². The minimum atomic E-state index is -0.208. The normalized spacial score (nSPS) is 26.2. The molecule has 2 aliphatic rings. The first kappa shape index (κ1) is 15.6. The van der Waals surface area contributed by atoms with Gasteiger partial charge in [-0.25, -0.2) is 9.37 Å². The molecule has 0 amide bonds. The lowest BCUT2D eigenvalue weighted by Gasteiger charge is -2.42. The predicted octanol–water partition coefficient (Wildman–Crippen LogP) is 4.06. The highest BCUT2D eigenvalue weighted by atomic mass is 19.1. The first-order chi connectivity index (χ1) is 11.7. The van der Waals surface area contributed by atoms with E-state index in [4.69, 9.17) is 4.74 Å². The molecule has 1 aromatic carbocycles. The van der Waals surface area contributed by atoms with Gasteiger partial charge in [0, 0.05) is 42.4 Å². The molecule has 2 aromatic rings. The highest BCUT2D eigenvalue weighted by Gasteiger charge is 2.33. The Hall–Kier alpha value is -1.94. The van der Waals surface area contributed by atoms with E-state index in [1.807, 2.05) is 25.1 Å². The number of pyridine rings is 1. The SMILES string of the molecule is Cc1ccc(-c2ccc(O[C@H]3CCN4CCC[C@H]3C4)nc2)c(F)c1. The molecule has 2 bridgehead atoms. The molecule has 3 atom stereocenters. The summed E-state index contributed by atoms with van der Waals surface area (Å²) in [4.78, 5) is 6.95. The summed E-state index contributed by atoms with van der Waals surface area (Å²) in [5.74, 6) is 1.05. The van der Waals surface area contributed by atoms with Gasteiger partial charge in [0.25, 0.3) is 0 Å². The quantitative estimate of drug-likeness (QED) is 0.850. The molecule has 0 N–H and O–H groups in total. The van der Waals surface area contributed by atoms with Gasteiger partial charge in [0.15, 0.2) is 0 Å². The molecule has 126 valence electrons. The second kappa shape index (κ2) is 6.52. The maximum absolute atomic E-state index is 14.1. The molecular formula is C20H23FN2O. The van der Waals surface area contributed by atoms with E-state index in [-0.39, 0.29) is 11.9 Å². The van der Waals surface area contributed by atoms with Crippen molar-refractivity contribution >= 4 is 0 Å². The zero-order chi connectivity index (χ0) is 16.5. The topological polar surface area (TPSA) is 25.4 Å². The highest BCUT2D eigenvalue weighted by molar-refractivity contribution is 5.63. The number of halogens is 1. The van der Waals surface area contributed by atoms with E-state index in [9.17, 15) is 4.39 Å². The fourth-order valence-corrected chi connectivity index (χ4v) is 3.92. The lowest BCUT2D eigenvalue weighted by Crippen LogP contribution is -2.49. The van der Waals surface area contributed by atoms with Crippen molar-refractivity contribution in [2.24, 2.45) is 5.92 Å². The van der Waals surface area contributed by atoms with Gasteiger partial charge in [0.2, 0.25) is 5.88 Å². The number of rotatable bonds is 3. The van der Waals surface area contributed by atoms with Crippen molar-refractivity contribution in [2.45, 2.75) is 32.3 Å². The summed E-state index contributed by atoms with van der Waals surface area (Å²) in [6.07, 6.45) is 5.55. The van der Waals surface area contributed by atoms with E-state index in [0.29, 0.717) is 17.4 Å². The zero-order valence-electron chi connectivity index (χ0n) is 14.0. The first-order valence-corrected chi connectivity index (χ1v) is 8.80. The fourth-order valence-electron chi connectivity index (χ4n) is 3.92. The van der Waals surface area contributed by atoms with E-state index < -0.39 is 0 Å². The van der Waals surface area contributed by atoms with E-state index in [2.05, 4.69) is 9.88 Å². The zero-order valence-corrected chi connectivity index (χ0v) is 14.0. The summed E-state index contributed by atoms with van der Waals surface area (Å²) < 4.78 is 20.2. The summed E-state index contributed by atoms with van der Waals surface area (Å²) in [7, 11) is 0. The third-order valence-electron chi connectivity index (χ3n) is 5.24. The van der Waals surface area contributed by atoms with Gasteiger partial charge in [0.1, 0.15) is 11.9 Å². The summed E-state index contributed by atoms with van der Waals surface area (Å²) >= 11 is 0. The number of piperidine rings is 2. The van der Waals surface area contributed by atoms with Crippen LogP contribution in [0.4, 0.5) is 4.39 Å². The molecule has 24 heavy (non-hydrogen) atoms. The molecule has 3 nitrogen and oxygen atoms in total. The van der Waals surface area contributed by atoms with E-state index in [1.54, 1.807) is 18.3 Å². The predicted molar refractivity (Wildman–Crippen MR) is 92.6 cm³/mol. The Morgan fingerprint density at radius 1 is 1.17 bits per heavy atom. The molecule has 1 aromatic heterocycles. The van der Waals surface area contributed by atoms with Crippen LogP contribution in [-0.4, -0.2) is 35.6 Å². The van der Waals surface area contributed by atoms with E-state index in [1.165, 1.54) is 19.4 Å². The standard InChI is InChI=1S/C20H23FN2O/c1-14-4-6-17(18(21)11-14)15-5-7-20(22-12-15)24-19-8-10-23-9-2-3-16(19)13-23/h4-7,11-12,16,19H,2-3,8-10,13H2,1H3/t16-,19-/m0/s1. The van der Waals surface area contributed by atoms with Crippen molar-refractivity contribution in [1.82, 2.24) is 9.88 Å². The van der Waals surface area contributed by atoms with Crippen LogP contribution >= 0.6 is 0 Å². The molecular weight excluding hydrogens is 303 g/mol. The number of hydrogen-bond acceptors (Lipinski definition) is 3. The van der Waals surface area contributed by atoms with Crippen LogP contribution in [0.2, 0.25) is 0 Å². The molecule has 2 saturated heterocycles. The second-order valence-electron chi connectivity index (χ2n) is 7.02. The fraction of sp³-hybridized carbons (Fsp3) is 0.450.